The number of carbonyl (C=O) groups is 1. The van der Waals surface area contributed by atoms with Crippen molar-refractivity contribution in [1.82, 2.24) is 9.97 Å². The summed E-state index contributed by atoms with van der Waals surface area (Å²) in [5.41, 5.74) is 1.99. The van der Waals surface area contributed by atoms with Crippen molar-refractivity contribution in [2.75, 3.05) is 11.9 Å². The monoisotopic (exact) mass is 411 g/mol. The Morgan fingerprint density at radius 2 is 2.05 bits per heavy atom. The van der Waals surface area contributed by atoms with Crippen LogP contribution in [-0.4, -0.2) is 22.5 Å². The summed E-state index contributed by atoms with van der Waals surface area (Å²) >= 11 is 2.18. The minimum atomic E-state index is -0.387. The lowest BCUT2D eigenvalue weighted by Gasteiger charge is -2.15. The van der Waals surface area contributed by atoms with Gasteiger partial charge < -0.3 is 10.1 Å². The first-order valence-electron chi connectivity index (χ1n) is 7.03. The Labute approximate surface area is 143 Å². The van der Waals surface area contributed by atoms with Gasteiger partial charge in [0.05, 0.1) is 9.26 Å². The zero-order valence-electron chi connectivity index (χ0n) is 12.5. The van der Waals surface area contributed by atoms with Gasteiger partial charge in [0.2, 0.25) is 0 Å². The zero-order valence-corrected chi connectivity index (χ0v) is 14.7. The number of nitrogens with one attached hydrogen (secondary N) is 1. The summed E-state index contributed by atoms with van der Waals surface area (Å²) in [6.07, 6.45) is 2.01. The number of ether oxygens (including phenoxy) is 1. The van der Waals surface area contributed by atoms with E-state index < -0.39 is 0 Å². The maximum Gasteiger partial charge on any atom is 0.303 e. The van der Waals surface area contributed by atoms with Crippen molar-refractivity contribution in [1.29, 1.82) is 0 Å². The molecule has 1 aromatic carbocycles. The molecule has 0 aliphatic carbocycles. The molecule has 0 saturated heterocycles. The first kappa shape index (κ1) is 16.7. The Kier molecular flexibility index (Phi) is 6.11. The summed E-state index contributed by atoms with van der Waals surface area (Å²) in [7, 11) is 0. The van der Waals surface area contributed by atoms with Gasteiger partial charge >= 0.3 is 5.97 Å². The maximum atomic E-state index is 11.1. The van der Waals surface area contributed by atoms with Crippen molar-refractivity contribution in [3.8, 4) is 0 Å². The third kappa shape index (κ3) is 4.66. The van der Waals surface area contributed by atoms with E-state index in [9.17, 15) is 4.79 Å². The van der Waals surface area contributed by atoms with Crippen molar-refractivity contribution in [2.24, 2.45) is 0 Å². The molecule has 0 aliphatic heterocycles. The molecule has 2 rings (SSSR count). The minimum absolute atomic E-state index is 0.319. The number of anilines is 1. The first-order chi connectivity index (χ1) is 10.6. The van der Waals surface area contributed by atoms with Gasteiger partial charge in [-0.1, -0.05) is 30.3 Å². The van der Waals surface area contributed by atoms with Crippen molar-refractivity contribution >= 4 is 34.4 Å². The van der Waals surface area contributed by atoms with Crippen molar-refractivity contribution in [3.05, 3.63) is 51.5 Å². The van der Waals surface area contributed by atoms with E-state index in [4.69, 9.17) is 4.74 Å². The van der Waals surface area contributed by atoms with Crippen LogP contribution in [0.2, 0.25) is 0 Å². The molecule has 0 spiro atoms. The van der Waals surface area contributed by atoms with Crippen molar-refractivity contribution < 1.29 is 9.53 Å². The van der Waals surface area contributed by atoms with Gasteiger partial charge in [-0.15, -0.1) is 0 Å². The summed E-state index contributed by atoms with van der Waals surface area (Å²) in [6.45, 7) is 3.97. The summed E-state index contributed by atoms with van der Waals surface area (Å²) in [6, 6.07) is 10.3. The Morgan fingerprint density at radius 1 is 1.32 bits per heavy atom. The maximum absolute atomic E-state index is 11.1. The fourth-order valence-electron chi connectivity index (χ4n) is 2.06. The topological polar surface area (TPSA) is 64.1 Å². The predicted octanol–water partition coefficient (Wildman–Crippen LogP) is 3.36. The highest BCUT2D eigenvalue weighted by molar-refractivity contribution is 14.1. The van der Waals surface area contributed by atoms with E-state index in [1.54, 1.807) is 6.92 Å². The molecule has 0 saturated carbocycles. The quantitative estimate of drug-likeness (QED) is 0.584. The molecule has 0 bridgehead atoms. The van der Waals surface area contributed by atoms with Crippen LogP contribution in [-0.2, 0) is 16.0 Å². The van der Waals surface area contributed by atoms with Crippen LogP contribution in [0.1, 0.15) is 31.2 Å². The highest BCUT2D eigenvalue weighted by Gasteiger charge is 2.17. The van der Waals surface area contributed by atoms with Crippen molar-refractivity contribution in [3.63, 3.8) is 0 Å². The number of hydrogen-bond acceptors (Lipinski definition) is 5. The van der Waals surface area contributed by atoms with Crippen LogP contribution in [0.4, 0.5) is 5.82 Å². The van der Waals surface area contributed by atoms with Gasteiger partial charge in [0.25, 0.3) is 0 Å². The van der Waals surface area contributed by atoms with Crippen LogP contribution in [0.5, 0.6) is 0 Å². The molecule has 1 aromatic heterocycles. The molecule has 5 nitrogen and oxygen atoms in total. The van der Waals surface area contributed by atoms with E-state index in [1.165, 1.54) is 18.8 Å². The first-order valence-corrected chi connectivity index (χ1v) is 8.11. The molecule has 0 fully saturated rings. The minimum Gasteiger partial charge on any atom is -0.456 e. The standard InChI is InChI=1S/C16H18IN3O2/c1-11(22-12(2)21)15-14(17)16(20-10-19-15)18-9-8-13-6-4-3-5-7-13/h3-7,10-11H,8-9H2,1-2H3,(H,18,19,20). The largest absolute Gasteiger partial charge is 0.456 e. The van der Waals surface area contributed by atoms with E-state index in [0.717, 1.165) is 22.4 Å². The van der Waals surface area contributed by atoms with E-state index in [1.807, 2.05) is 18.2 Å². The molecule has 6 heteroatoms. The molecule has 0 radical (unpaired) electrons. The summed E-state index contributed by atoms with van der Waals surface area (Å²) < 4.78 is 6.06. The third-order valence-corrected chi connectivity index (χ3v) is 4.16. The SMILES string of the molecule is CC(=O)OC(C)c1ncnc(NCCc2ccccc2)c1I. The van der Waals surface area contributed by atoms with Gasteiger partial charge in [0, 0.05) is 13.5 Å². The van der Waals surface area contributed by atoms with E-state index in [2.05, 4.69) is 50.0 Å². The molecular weight excluding hydrogens is 393 g/mol. The van der Waals surface area contributed by atoms with Gasteiger partial charge in [0.15, 0.2) is 0 Å². The van der Waals surface area contributed by atoms with Crippen molar-refractivity contribution in [2.45, 2.75) is 26.4 Å². The highest BCUT2D eigenvalue weighted by Crippen LogP contribution is 2.25. The van der Waals surface area contributed by atoms with Crippen LogP contribution < -0.4 is 5.32 Å². The number of aromatic nitrogens is 2. The second-order valence-electron chi connectivity index (χ2n) is 4.84. The number of hydrogen-bond donors (Lipinski definition) is 1. The molecule has 116 valence electrons. The molecule has 0 aliphatic rings. The normalized spacial score (nSPS) is 11.8. The zero-order chi connectivity index (χ0) is 15.9. The fourth-order valence-corrected chi connectivity index (χ4v) is 2.97. The number of carbonyl (C=O) groups excluding carboxylic acids is 1. The smallest absolute Gasteiger partial charge is 0.303 e. The molecule has 1 atom stereocenters. The lowest BCUT2D eigenvalue weighted by atomic mass is 10.1. The number of nitrogens with zero attached hydrogens (tertiary/aromatic N) is 2. The molecule has 1 unspecified atom stereocenters. The molecule has 1 heterocycles. The molecule has 2 aromatic rings. The number of esters is 1. The second-order valence-corrected chi connectivity index (χ2v) is 5.91. The average molecular weight is 411 g/mol. The Balaban J connectivity index is 2.01. The summed E-state index contributed by atoms with van der Waals surface area (Å²) in [5, 5.41) is 3.31. The van der Waals surface area contributed by atoms with Gasteiger partial charge in [-0.05, 0) is 41.5 Å². The highest BCUT2D eigenvalue weighted by atomic mass is 127. The third-order valence-electron chi connectivity index (χ3n) is 3.09. The fraction of sp³-hybridized carbons (Fsp3) is 0.312. The molecular formula is C16H18IN3O2. The summed E-state index contributed by atoms with van der Waals surface area (Å²) in [5.74, 6) is 0.445. The predicted molar refractivity (Wildman–Crippen MR) is 93.6 cm³/mol. The molecule has 1 N–H and O–H groups in total. The Hall–Kier alpha value is -1.70. The number of halogens is 1. The lowest BCUT2D eigenvalue weighted by Crippen LogP contribution is -2.13. The van der Waals surface area contributed by atoms with E-state index in [0.29, 0.717) is 5.69 Å². The lowest BCUT2D eigenvalue weighted by molar-refractivity contribution is -0.146. The van der Waals surface area contributed by atoms with Crippen LogP contribution in [0, 0.1) is 3.57 Å². The van der Waals surface area contributed by atoms with Crippen LogP contribution in [0.3, 0.4) is 0 Å². The Bertz CT molecular complexity index is 635. The van der Waals surface area contributed by atoms with Gasteiger partial charge in [-0.25, -0.2) is 9.97 Å². The Morgan fingerprint density at radius 3 is 2.73 bits per heavy atom. The number of rotatable bonds is 6. The average Bonchev–Trinajstić information content (AvgIpc) is 2.49. The van der Waals surface area contributed by atoms with Gasteiger partial charge in [-0.2, -0.15) is 0 Å². The van der Waals surface area contributed by atoms with Crippen LogP contribution in [0.15, 0.2) is 36.7 Å². The summed E-state index contributed by atoms with van der Waals surface area (Å²) in [4.78, 5) is 19.6. The number of benzene rings is 1. The second kappa shape index (κ2) is 8.07. The van der Waals surface area contributed by atoms with Gasteiger partial charge in [-0.3, -0.25) is 4.79 Å². The van der Waals surface area contributed by atoms with Gasteiger partial charge in [0.1, 0.15) is 18.2 Å². The van der Waals surface area contributed by atoms with Crippen LogP contribution >= 0.6 is 22.6 Å². The molecule has 22 heavy (non-hydrogen) atoms. The van der Waals surface area contributed by atoms with Crippen LogP contribution in [0.25, 0.3) is 0 Å². The van der Waals surface area contributed by atoms with E-state index in [-0.39, 0.29) is 12.1 Å². The van der Waals surface area contributed by atoms with E-state index >= 15 is 0 Å². The molecule has 0 amide bonds.